The van der Waals surface area contributed by atoms with Crippen LogP contribution in [-0.2, 0) is 19.6 Å². The smallest absolute Gasteiger partial charge is 0.321 e. The topological polar surface area (TPSA) is 98.5 Å². The summed E-state index contributed by atoms with van der Waals surface area (Å²) in [5.74, 6) is -0.648. The highest BCUT2D eigenvalue weighted by molar-refractivity contribution is 7.89. The third kappa shape index (κ3) is 4.09. The van der Waals surface area contributed by atoms with E-state index >= 15 is 0 Å². The van der Waals surface area contributed by atoms with Gasteiger partial charge in [-0.15, -0.1) is 0 Å². The first kappa shape index (κ1) is 15.7. The fourth-order valence-corrected chi connectivity index (χ4v) is 2.56. The Morgan fingerprint density at radius 2 is 2.11 bits per heavy atom. The van der Waals surface area contributed by atoms with E-state index in [9.17, 15) is 13.2 Å². The Balaban J connectivity index is 2.92. The lowest BCUT2D eigenvalue weighted by Crippen LogP contribution is -2.30. The van der Waals surface area contributed by atoms with Gasteiger partial charge in [-0.1, -0.05) is 11.6 Å². The standard InChI is InChI=1S/C11H15ClN2O4S/c1-3-18-10(15)6-14-19(16,17)8-4-7(2)11(12)9(13)5-8/h4-5,14H,3,6,13H2,1-2H3. The fraction of sp³-hybridized carbons (Fsp3) is 0.364. The first-order valence-corrected chi connectivity index (χ1v) is 7.35. The number of rotatable bonds is 5. The zero-order valence-corrected chi connectivity index (χ0v) is 12.1. The summed E-state index contributed by atoms with van der Waals surface area (Å²) in [5.41, 5.74) is 6.31. The summed E-state index contributed by atoms with van der Waals surface area (Å²) >= 11 is 5.85. The fourth-order valence-electron chi connectivity index (χ4n) is 1.37. The molecule has 0 saturated heterocycles. The highest BCUT2D eigenvalue weighted by atomic mass is 35.5. The SMILES string of the molecule is CCOC(=O)CNS(=O)(=O)c1cc(C)c(Cl)c(N)c1. The van der Waals surface area contributed by atoms with Crippen molar-refractivity contribution in [1.29, 1.82) is 0 Å². The zero-order valence-electron chi connectivity index (χ0n) is 10.6. The van der Waals surface area contributed by atoms with E-state index < -0.39 is 22.5 Å². The van der Waals surface area contributed by atoms with Gasteiger partial charge in [-0.3, -0.25) is 4.79 Å². The first-order chi connectivity index (χ1) is 8.77. The quantitative estimate of drug-likeness (QED) is 0.626. The summed E-state index contributed by atoms with van der Waals surface area (Å²) in [6.07, 6.45) is 0. The molecule has 1 aromatic carbocycles. The van der Waals surface area contributed by atoms with Crippen LogP contribution in [0, 0.1) is 6.92 Å². The molecule has 0 aliphatic heterocycles. The molecular formula is C11H15ClN2O4S. The number of nitrogen functional groups attached to an aromatic ring is 1. The van der Waals surface area contributed by atoms with Gasteiger partial charge in [0.15, 0.2) is 0 Å². The molecule has 8 heteroatoms. The maximum Gasteiger partial charge on any atom is 0.321 e. The molecule has 0 atom stereocenters. The molecule has 0 aliphatic rings. The van der Waals surface area contributed by atoms with Crippen LogP contribution in [0.5, 0.6) is 0 Å². The van der Waals surface area contributed by atoms with Crippen LogP contribution >= 0.6 is 11.6 Å². The second kappa shape index (κ2) is 6.23. The van der Waals surface area contributed by atoms with Crippen LogP contribution in [-0.4, -0.2) is 27.5 Å². The van der Waals surface area contributed by atoms with Gasteiger partial charge in [0.2, 0.25) is 10.0 Å². The maximum atomic E-state index is 11.9. The Morgan fingerprint density at radius 3 is 2.63 bits per heavy atom. The van der Waals surface area contributed by atoms with Crippen LogP contribution in [0.15, 0.2) is 17.0 Å². The number of carbonyl (C=O) groups is 1. The van der Waals surface area contributed by atoms with Crippen molar-refractivity contribution in [3.63, 3.8) is 0 Å². The van der Waals surface area contributed by atoms with Crippen LogP contribution in [0.4, 0.5) is 5.69 Å². The van der Waals surface area contributed by atoms with E-state index in [-0.39, 0.29) is 17.2 Å². The average Bonchev–Trinajstić information content (AvgIpc) is 2.33. The monoisotopic (exact) mass is 306 g/mol. The van der Waals surface area contributed by atoms with Gasteiger partial charge in [0.05, 0.1) is 22.2 Å². The van der Waals surface area contributed by atoms with Gasteiger partial charge >= 0.3 is 5.97 Å². The molecule has 0 saturated carbocycles. The molecule has 0 spiro atoms. The Morgan fingerprint density at radius 1 is 1.47 bits per heavy atom. The lowest BCUT2D eigenvalue weighted by Gasteiger charge is -2.09. The number of aryl methyl sites for hydroxylation is 1. The number of ether oxygens (including phenoxy) is 1. The summed E-state index contributed by atoms with van der Waals surface area (Å²) in [4.78, 5) is 11.1. The molecule has 0 heterocycles. The number of hydrogen-bond acceptors (Lipinski definition) is 5. The summed E-state index contributed by atoms with van der Waals surface area (Å²) in [5, 5.41) is 0.310. The molecule has 19 heavy (non-hydrogen) atoms. The molecule has 1 rings (SSSR count). The molecule has 1 aromatic rings. The predicted molar refractivity (Wildman–Crippen MR) is 72.4 cm³/mol. The van der Waals surface area contributed by atoms with E-state index in [0.29, 0.717) is 10.6 Å². The van der Waals surface area contributed by atoms with Crippen LogP contribution < -0.4 is 10.5 Å². The number of nitrogens with one attached hydrogen (secondary N) is 1. The lowest BCUT2D eigenvalue weighted by molar-refractivity contribution is -0.141. The van der Waals surface area contributed by atoms with E-state index in [1.165, 1.54) is 12.1 Å². The van der Waals surface area contributed by atoms with E-state index in [1.807, 2.05) is 0 Å². The minimum atomic E-state index is -3.82. The van der Waals surface area contributed by atoms with Crippen molar-refractivity contribution in [3.8, 4) is 0 Å². The van der Waals surface area contributed by atoms with Crippen LogP contribution in [0.25, 0.3) is 0 Å². The van der Waals surface area contributed by atoms with E-state index in [2.05, 4.69) is 9.46 Å². The normalized spacial score (nSPS) is 11.3. The third-order valence-corrected chi connectivity index (χ3v) is 4.18. The summed E-state index contributed by atoms with van der Waals surface area (Å²) in [6.45, 7) is 3.03. The minimum absolute atomic E-state index is 0.0452. The molecule has 0 unspecified atom stereocenters. The second-order valence-corrected chi connectivity index (χ2v) is 5.92. The largest absolute Gasteiger partial charge is 0.465 e. The molecule has 0 aromatic heterocycles. The molecular weight excluding hydrogens is 292 g/mol. The third-order valence-electron chi connectivity index (χ3n) is 2.28. The lowest BCUT2D eigenvalue weighted by atomic mass is 10.2. The van der Waals surface area contributed by atoms with Crippen LogP contribution in [0.1, 0.15) is 12.5 Å². The van der Waals surface area contributed by atoms with Crippen LogP contribution in [0.2, 0.25) is 5.02 Å². The van der Waals surface area contributed by atoms with Crippen molar-refractivity contribution < 1.29 is 17.9 Å². The number of carbonyl (C=O) groups excluding carboxylic acids is 1. The van der Waals surface area contributed by atoms with Gasteiger partial charge in [0.25, 0.3) is 0 Å². The Bertz CT molecular complexity index is 563. The minimum Gasteiger partial charge on any atom is -0.465 e. The van der Waals surface area contributed by atoms with Crippen molar-refractivity contribution in [2.75, 3.05) is 18.9 Å². The number of benzene rings is 1. The molecule has 0 bridgehead atoms. The van der Waals surface area contributed by atoms with Gasteiger partial charge in [0.1, 0.15) is 6.54 Å². The summed E-state index contributed by atoms with van der Waals surface area (Å²) in [7, 11) is -3.82. The van der Waals surface area contributed by atoms with Crippen molar-refractivity contribution in [2.24, 2.45) is 0 Å². The van der Waals surface area contributed by atoms with Gasteiger partial charge in [0, 0.05) is 0 Å². The Kier molecular flexibility index (Phi) is 5.16. The second-order valence-electron chi connectivity index (χ2n) is 3.77. The number of hydrogen-bond donors (Lipinski definition) is 2. The highest BCUT2D eigenvalue weighted by Gasteiger charge is 2.18. The molecule has 0 amide bonds. The van der Waals surface area contributed by atoms with Gasteiger partial charge in [-0.05, 0) is 31.5 Å². The zero-order chi connectivity index (χ0) is 14.6. The number of halogens is 1. The van der Waals surface area contributed by atoms with Gasteiger partial charge in [-0.25, -0.2) is 8.42 Å². The summed E-state index contributed by atoms with van der Waals surface area (Å²) in [6, 6.07) is 2.62. The summed E-state index contributed by atoms with van der Waals surface area (Å²) < 4.78 is 30.6. The van der Waals surface area contributed by atoms with Crippen molar-refractivity contribution in [3.05, 3.63) is 22.7 Å². The Hall–Kier alpha value is -1.31. The molecule has 0 fully saturated rings. The van der Waals surface area contributed by atoms with Crippen molar-refractivity contribution >= 4 is 33.3 Å². The average molecular weight is 307 g/mol. The van der Waals surface area contributed by atoms with E-state index in [4.69, 9.17) is 17.3 Å². The Labute approximate surface area is 116 Å². The molecule has 0 aliphatic carbocycles. The van der Waals surface area contributed by atoms with Gasteiger partial charge in [-0.2, -0.15) is 4.72 Å². The van der Waals surface area contributed by atoms with Gasteiger partial charge < -0.3 is 10.5 Å². The highest BCUT2D eigenvalue weighted by Crippen LogP contribution is 2.26. The number of anilines is 1. The number of esters is 1. The molecule has 3 N–H and O–H groups in total. The number of sulfonamides is 1. The van der Waals surface area contributed by atoms with Crippen molar-refractivity contribution in [1.82, 2.24) is 4.72 Å². The molecule has 106 valence electrons. The van der Waals surface area contributed by atoms with Crippen LogP contribution in [0.3, 0.4) is 0 Å². The predicted octanol–water partition coefficient (Wildman–Crippen LogP) is 1.07. The van der Waals surface area contributed by atoms with E-state index in [0.717, 1.165) is 0 Å². The van der Waals surface area contributed by atoms with Crippen molar-refractivity contribution in [2.45, 2.75) is 18.7 Å². The van der Waals surface area contributed by atoms with E-state index in [1.54, 1.807) is 13.8 Å². The first-order valence-electron chi connectivity index (χ1n) is 5.49. The molecule has 6 nitrogen and oxygen atoms in total. The maximum absolute atomic E-state index is 11.9. The number of nitrogens with two attached hydrogens (primary N) is 1. The molecule has 0 radical (unpaired) electrons.